The van der Waals surface area contributed by atoms with Crippen LogP contribution in [0.25, 0.3) is 0 Å². The lowest BCUT2D eigenvalue weighted by molar-refractivity contribution is 0.376. The molecule has 1 atom stereocenters. The topological polar surface area (TPSA) is 12.0 Å². The Kier molecular flexibility index (Phi) is 3.60. The highest BCUT2D eigenvalue weighted by molar-refractivity contribution is 9.10. The van der Waals surface area contributed by atoms with E-state index in [2.05, 4.69) is 45.5 Å². The van der Waals surface area contributed by atoms with Crippen LogP contribution >= 0.6 is 15.9 Å². The van der Waals surface area contributed by atoms with Crippen molar-refractivity contribution in [3.8, 4) is 0 Å². The maximum atomic E-state index is 3.51. The number of benzene rings is 1. The van der Waals surface area contributed by atoms with Gasteiger partial charge < -0.3 is 5.32 Å². The summed E-state index contributed by atoms with van der Waals surface area (Å²) >= 11 is 3.51. The lowest BCUT2D eigenvalue weighted by atomic mass is 9.92. The third-order valence-electron chi connectivity index (χ3n) is 2.81. The maximum Gasteiger partial charge on any atom is 0.0177 e. The van der Waals surface area contributed by atoms with Crippen molar-refractivity contribution in [2.45, 2.75) is 19.3 Å². The second kappa shape index (κ2) is 4.94. The van der Waals surface area contributed by atoms with Gasteiger partial charge in [-0.25, -0.2) is 0 Å². The van der Waals surface area contributed by atoms with Crippen LogP contribution in [0.2, 0.25) is 0 Å². The SMILES string of the molecule is Brc1cccc(C[C@H]2CCCNC2)c1. The molecule has 1 fully saturated rings. The Hall–Kier alpha value is -0.340. The van der Waals surface area contributed by atoms with Crippen LogP contribution in [0.15, 0.2) is 28.7 Å². The summed E-state index contributed by atoms with van der Waals surface area (Å²) in [5.41, 5.74) is 1.45. The van der Waals surface area contributed by atoms with E-state index in [0.29, 0.717) is 0 Å². The quantitative estimate of drug-likeness (QED) is 0.855. The van der Waals surface area contributed by atoms with Crippen molar-refractivity contribution in [1.82, 2.24) is 5.32 Å². The van der Waals surface area contributed by atoms with E-state index < -0.39 is 0 Å². The second-order valence-electron chi connectivity index (χ2n) is 4.05. The van der Waals surface area contributed by atoms with E-state index in [0.717, 1.165) is 5.92 Å². The van der Waals surface area contributed by atoms with E-state index in [1.54, 1.807) is 0 Å². The zero-order valence-corrected chi connectivity index (χ0v) is 9.89. The third kappa shape index (κ3) is 2.82. The largest absolute Gasteiger partial charge is 0.316 e. The first kappa shape index (κ1) is 10.2. The van der Waals surface area contributed by atoms with Crippen LogP contribution in [0, 0.1) is 5.92 Å². The van der Waals surface area contributed by atoms with Gasteiger partial charge in [-0.1, -0.05) is 28.1 Å². The molecule has 0 aromatic heterocycles. The van der Waals surface area contributed by atoms with Gasteiger partial charge in [0.15, 0.2) is 0 Å². The summed E-state index contributed by atoms with van der Waals surface area (Å²) in [7, 11) is 0. The Balaban J connectivity index is 1.95. The molecule has 1 saturated heterocycles. The number of halogens is 1. The van der Waals surface area contributed by atoms with E-state index >= 15 is 0 Å². The molecule has 0 radical (unpaired) electrons. The van der Waals surface area contributed by atoms with Crippen molar-refractivity contribution < 1.29 is 0 Å². The van der Waals surface area contributed by atoms with Crippen molar-refractivity contribution in [2.75, 3.05) is 13.1 Å². The predicted molar refractivity (Wildman–Crippen MR) is 63.4 cm³/mol. The summed E-state index contributed by atoms with van der Waals surface area (Å²) in [5, 5.41) is 3.46. The molecule has 1 nitrogen and oxygen atoms in total. The molecule has 1 aromatic carbocycles. The number of rotatable bonds is 2. The summed E-state index contributed by atoms with van der Waals surface area (Å²) in [4.78, 5) is 0. The van der Waals surface area contributed by atoms with Crippen LogP contribution in [-0.2, 0) is 6.42 Å². The molecule has 0 saturated carbocycles. The van der Waals surface area contributed by atoms with Gasteiger partial charge in [0.2, 0.25) is 0 Å². The fourth-order valence-corrected chi connectivity index (χ4v) is 2.54. The van der Waals surface area contributed by atoms with E-state index in [-0.39, 0.29) is 0 Å². The first-order valence-corrected chi connectivity index (χ1v) is 6.09. The van der Waals surface area contributed by atoms with Crippen molar-refractivity contribution in [1.29, 1.82) is 0 Å². The Morgan fingerprint density at radius 1 is 1.43 bits per heavy atom. The zero-order chi connectivity index (χ0) is 9.80. The van der Waals surface area contributed by atoms with Gasteiger partial charge in [0, 0.05) is 4.47 Å². The monoisotopic (exact) mass is 253 g/mol. The molecule has 1 N–H and O–H groups in total. The van der Waals surface area contributed by atoms with Gasteiger partial charge in [-0.3, -0.25) is 0 Å². The third-order valence-corrected chi connectivity index (χ3v) is 3.31. The molecule has 1 aromatic rings. The molecule has 2 rings (SSSR count). The fraction of sp³-hybridized carbons (Fsp3) is 0.500. The lowest BCUT2D eigenvalue weighted by Gasteiger charge is -2.22. The van der Waals surface area contributed by atoms with Gasteiger partial charge >= 0.3 is 0 Å². The Bertz CT molecular complexity index is 292. The molecular formula is C12H16BrN. The van der Waals surface area contributed by atoms with Crippen LogP contribution in [0.5, 0.6) is 0 Å². The Morgan fingerprint density at radius 2 is 2.36 bits per heavy atom. The van der Waals surface area contributed by atoms with Gasteiger partial charge in [-0.2, -0.15) is 0 Å². The van der Waals surface area contributed by atoms with Crippen LogP contribution in [-0.4, -0.2) is 13.1 Å². The van der Waals surface area contributed by atoms with Gasteiger partial charge in [0.25, 0.3) is 0 Å². The Labute approximate surface area is 94.0 Å². The van der Waals surface area contributed by atoms with E-state index in [9.17, 15) is 0 Å². The highest BCUT2D eigenvalue weighted by Crippen LogP contribution is 2.18. The molecule has 14 heavy (non-hydrogen) atoms. The molecule has 0 unspecified atom stereocenters. The summed E-state index contributed by atoms with van der Waals surface area (Å²) in [6.45, 7) is 2.39. The van der Waals surface area contributed by atoms with Crippen molar-refractivity contribution >= 4 is 15.9 Å². The molecule has 76 valence electrons. The van der Waals surface area contributed by atoms with E-state index in [4.69, 9.17) is 0 Å². The van der Waals surface area contributed by atoms with Crippen molar-refractivity contribution in [2.24, 2.45) is 5.92 Å². The summed E-state index contributed by atoms with van der Waals surface area (Å²) < 4.78 is 1.19. The van der Waals surface area contributed by atoms with Crippen LogP contribution in [0.3, 0.4) is 0 Å². The molecule has 2 heteroatoms. The lowest BCUT2D eigenvalue weighted by Crippen LogP contribution is -2.30. The van der Waals surface area contributed by atoms with Crippen molar-refractivity contribution in [3.63, 3.8) is 0 Å². The summed E-state index contributed by atoms with van der Waals surface area (Å²) in [6.07, 6.45) is 3.92. The highest BCUT2D eigenvalue weighted by atomic mass is 79.9. The number of nitrogens with one attached hydrogen (secondary N) is 1. The molecule has 1 aliphatic heterocycles. The molecular weight excluding hydrogens is 238 g/mol. The highest BCUT2D eigenvalue weighted by Gasteiger charge is 2.13. The van der Waals surface area contributed by atoms with Gasteiger partial charge in [-0.15, -0.1) is 0 Å². The summed E-state index contributed by atoms with van der Waals surface area (Å²) in [5.74, 6) is 0.832. The minimum Gasteiger partial charge on any atom is -0.316 e. The number of hydrogen-bond acceptors (Lipinski definition) is 1. The van der Waals surface area contributed by atoms with E-state index in [1.165, 1.54) is 42.4 Å². The normalized spacial score (nSPS) is 22.2. The average molecular weight is 254 g/mol. The first-order chi connectivity index (χ1) is 6.84. The number of piperidine rings is 1. The molecule has 0 amide bonds. The van der Waals surface area contributed by atoms with Crippen LogP contribution in [0.1, 0.15) is 18.4 Å². The molecule has 0 aliphatic carbocycles. The second-order valence-corrected chi connectivity index (χ2v) is 4.96. The van der Waals surface area contributed by atoms with Crippen LogP contribution < -0.4 is 5.32 Å². The molecule has 0 spiro atoms. The summed E-state index contributed by atoms with van der Waals surface area (Å²) in [6, 6.07) is 8.66. The molecule has 1 aliphatic rings. The minimum atomic E-state index is 0.832. The molecule has 1 heterocycles. The zero-order valence-electron chi connectivity index (χ0n) is 8.30. The maximum absolute atomic E-state index is 3.51. The average Bonchev–Trinajstić information content (AvgIpc) is 2.19. The predicted octanol–water partition coefficient (Wildman–Crippen LogP) is 2.99. The first-order valence-electron chi connectivity index (χ1n) is 5.30. The fourth-order valence-electron chi connectivity index (χ4n) is 2.10. The number of hydrogen-bond donors (Lipinski definition) is 1. The van der Waals surface area contributed by atoms with Crippen LogP contribution in [0.4, 0.5) is 0 Å². The van der Waals surface area contributed by atoms with E-state index in [1.807, 2.05) is 0 Å². The minimum absolute atomic E-state index is 0.832. The van der Waals surface area contributed by atoms with Gasteiger partial charge in [-0.05, 0) is 56.0 Å². The standard InChI is InChI=1S/C12H16BrN/c13-12-5-1-3-10(8-12)7-11-4-2-6-14-9-11/h1,3,5,8,11,14H,2,4,6-7,9H2/t11-/m1/s1. The molecule has 0 bridgehead atoms. The van der Waals surface area contributed by atoms with Gasteiger partial charge in [0.05, 0.1) is 0 Å². The van der Waals surface area contributed by atoms with Gasteiger partial charge in [0.1, 0.15) is 0 Å². The smallest absolute Gasteiger partial charge is 0.0177 e. The Morgan fingerprint density at radius 3 is 3.07 bits per heavy atom. The van der Waals surface area contributed by atoms with Crippen molar-refractivity contribution in [3.05, 3.63) is 34.3 Å².